The quantitative estimate of drug-likeness (QED) is 0.0195. The Bertz CT molecular complexity index is 1300. The highest BCUT2D eigenvalue weighted by Crippen LogP contribution is 2.38. The standard InChI is InChI=1S/C67H132NO8P/c1-6-8-10-12-14-16-18-20-22-24-26-28-30-32-33-34-35-36-38-40-42-44-46-48-50-52-54-56-58-60-67(70)76-65(64-75-77(71,72)74-62-61-68(3,4)5)63-73-66(69)59-57-55-53-51-49-47-45-43-41-39-37-31-29-27-25-23-21-19-17-15-13-11-9-7-2/h24,26,65H,6-23,25,27-64H2,1-5H3/b26-24-. The minimum atomic E-state index is -4.63. The van der Waals surface area contributed by atoms with E-state index < -0.39 is 26.5 Å². The summed E-state index contributed by atoms with van der Waals surface area (Å²) in [7, 11) is 1.19. The number of carbonyl (C=O) groups excluding carboxylic acids is 2. The molecule has 2 unspecified atom stereocenters. The highest BCUT2D eigenvalue weighted by atomic mass is 31.2. The van der Waals surface area contributed by atoms with Crippen LogP contribution in [0.1, 0.15) is 354 Å². The van der Waals surface area contributed by atoms with Gasteiger partial charge in [0.1, 0.15) is 19.8 Å². The molecule has 0 saturated carbocycles. The van der Waals surface area contributed by atoms with Crippen LogP contribution in [-0.2, 0) is 32.7 Å². The molecule has 0 spiro atoms. The van der Waals surface area contributed by atoms with E-state index in [9.17, 15) is 19.0 Å². The summed E-state index contributed by atoms with van der Waals surface area (Å²) in [6.45, 7) is 4.32. The van der Waals surface area contributed by atoms with Crippen molar-refractivity contribution in [3.63, 3.8) is 0 Å². The fourth-order valence-corrected chi connectivity index (χ4v) is 11.0. The van der Waals surface area contributed by atoms with Gasteiger partial charge in [-0.3, -0.25) is 14.2 Å². The summed E-state index contributed by atoms with van der Waals surface area (Å²) in [5, 5.41) is 0. The van der Waals surface area contributed by atoms with Gasteiger partial charge >= 0.3 is 11.9 Å². The Morgan fingerprint density at radius 3 is 0.961 bits per heavy atom. The first-order valence-corrected chi connectivity index (χ1v) is 35.4. The van der Waals surface area contributed by atoms with Gasteiger partial charge in [-0.05, 0) is 38.5 Å². The molecule has 0 aromatic carbocycles. The first-order valence-electron chi connectivity index (χ1n) is 33.9. The lowest BCUT2D eigenvalue weighted by Crippen LogP contribution is -2.37. The summed E-state index contributed by atoms with van der Waals surface area (Å²) >= 11 is 0. The number of ether oxygens (including phenoxy) is 2. The molecular formula is C67H132NO8P. The van der Waals surface area contributed by atoms with Crippen LogP contribution in [0, 0.1) is 0 Å². The molecule has 0 heterocycles. The molecule has 77 heavy (non-hydrogen) atoms. The summed E-state index contributed by atoms with van der Waals surface area (Å²) < 4.78 is 34.3. The van der Waals surface area contributed by atoms with Crippen LogP contribution >= 0.6 is 7.82 Å². The van der Waals surface area contributed by atoms with Crippen LogP contribution in [0.2, 0.25) is 0 Å². The lowest BCUT2D eigenvalue weighted by molar-refractivity contribution is -0.870. The molecule has 0 bridgehead atoms. The van der Waals surface area contributed by atoms with E-state index in [1.54, 1.807) is 0 Å². The van der Waals surface area contributed by atoms with E-state index in [1.807, 2.05) is 21.1 Å². The Balaban J connectivity index is 4.01. The third kappa shape index (κ3) is 63.8. The molecule has 0 rings (SSSR count). The maximum atomic E-state index is 12.8. The molecule has 458 valence electrons. The zero-order valence-electron chi connectivity index (χ0n) is 52.2. The highest BCUT2D eigenvalue weighted by molar-refractivity contribution is 7.45. The Kier molecular flexibility index (Phi) is 58.4. The number of unbranched alkanes of at least 4 members (excludes halogenated alkanes) is 48. The molecule has 0 aliphatic heterocycles. The number of phosphoric acid groups is 1. The second kappa shape index (κ2) is 59.4. The van der Waals surface area contributed by atoms with Gasteiger partial charge in [0, 0.05) is 12.8 Å². The van der Waals surface area contributed by atoms with Crippen molar-refractivity contribution in [2.45, 2.75) is 360 Å². The van der Waals surface area contributed by atoms with E-state index >= 15 is 0 Å². The Morgan fingerprint density at radius 2 is 0.662 bits per heavy atom. The van der Waals surface area contributed by atoms with Crippen LogP contribution in [0.15, 0.2) is 12.2 Å². The topological polar surface area (TPSA) is 111 Å². The molecule has 0 aliphatic carbocycles. The van der Waals surface area contributed by atoms with E-state index in [-0.39, 0.29) is 32.0 Å². The zero-order chi connectivity index (χ0) is 56.3. The Hall–Kier alpha value is -1.25. The molecule has 2 atom stereocenters. The van der Waals surface area contributed by atoms with Gasteiger partial charge in [-0.15, -0.1) is 0 Å². The third-order valence-corrected chi connectivity index (χ3v) is 16.5. The van der Waals surface area contributed by atoms with Gasteiger partial charge < -0.3 is 27.9 Å². The molecule has 0 aromatic heterocycles. The van der Waals surface area contributed by atoms with Gasteiger partial charge in [0.15, 0.2) is 6.10 Å². The van der Waals surface area contributed by atoms with Crippen molar-refractivity contribution in [1.82, 2.24) is 0 Å². The summed E-state index contributed by atoms with van der Waals surface area (Å²) in [6, 6.07) is 0. The van der Waals surface area contributed by atoms with Crippen LogP contribution in [0.25, 0.3) is 0 Å². The summed E-state index contributed by atoms with van der Waals surface area (Å²) in [4.78, 5) is 38.0. The van der Waals surface area contributed by atoms with Gasteiger partial charge in [0.2, 0.25) is 0 Å². The number of esters is 2. The predicted molar refractivity (Wildman–Crippen MR) is 328 cm³/mol. The third-order valence-electron chi connectivity index (χ3n) is 15.5. The van der Waals surface area contributed by atoms with Crippen LogP contribution in [0.3, 0.4) is 0 Å². The summed E-state index contributed by atoms with van der Waals surface area (Å²) in [5.74, 6) is -0.808. The van der Waals surface area contributed by atoms with E-state index in [4.69, 9.17) is 18.5 Å². The van der Waals surface area contributed by atoms with E-state index in [2.05, 4.69) is 26.0 Å². The number of carbonyl (C=O) groups is 2. The fourth-order valence-electron chi connectivity index (χ4n) is 10.3. The molecular weight excluding hydrogens is 978 g/mol. The average molecular weight is 1110 g/mol. The van der Waals surface area contributed by atoms with Gasteiger partial charge in [-0.1, -0.05) is 315 Å². The number of nitrogens with zero attached hydrogens (tertiary/aromatic N) is 1. The van der Waals surface area contributed by atoms with Crippen molar-refractivity contribution in [3.8, 4) is 0 Å². The van der Waals surface area contributed by atoms with Crippen molar-refractivity contribution >= 4 is 19.8 Å². The zero-order valence-corrected chi connectivity index (χ0v) is 53.1. The van der Waals surface area contributed by atoms with Crippen LogP contribution in [0.4, 0.5) is 0 Å². The van der Waals surface area contributed by atoms with Gasteiger partial charge in [-0.2, -0.15) is 0 Å². The van der Waals surface area contributed by atoms with E-state index in [1.165, 1.54) is 289 Å². The minimum Gasteiger partial charge on any atom is -0.756 e. The largest absolute Gasteiger partial charge is 0.756 e. The van der Waals surface area contributed by atoms with Gasteiger partial charge in [-0.25, -0.2) is 0 Å². The molecule has 9 nitrogen and oxygen atoms in total. The minimum absolute atomic E-state index is 0.0261. The monoisotopic (exact) mass is 1110 g/mol. The lowest BCUT2D eigenvalue weighted by Gasteiger charge is -2.28. The smallest absolute Gasteiger partial charge is 0.306 e. The van der Waals surface area contributed by atoms with Crippen LogP contribution in [-0.4, -0.2) is 70.0 Å². The first kappa shape index (κ1) is 75.8. The molecule has 0 amide bonds. The summed E-state index contributed by atoms with van der Waals surface area (Å²) in [5.41, 5.74) is 0. The Labute approximate surface area is 479 Å². The second-order valence-corrected chi connectivity index (χ2v) is 26.0. The number of allylic oxidation sites excluding steroid dienone is 2. The van der Waals surface area contributed by atoms with Gasteiger partial charge in [0.05, 0.1) is 27.7 Å². The molecule has 0 N–H and O–H groups in total. The number of quaternary nitrogens is 1. The molecule has 0 aromatic rings. The number of hydrogen-bond donors (Lipinski definition) is 0. The highest BCUT2D eigenvalue weighted by Gasteiger charge is 2.22. The number of phosphoric ester groups is 1. The molecule has 0 fully saturated rings. The van der Waals surface area contributed by atoms with Crippen molar-refractivity contribution in [2.75, 3.05) is 47.5 Å². The average Bonchev–Trinajstić information content (AvgIpc) is 3.39. The normalized spacial score (nSPS) is 13.2. The predicted octanol–water partition coefficient (Wildman–Crippen LogP) is 20.9. The number of rotatable bonds is 64. The van der Waals surface area contributed by atoms with Crippen LogP contribution < -0.4 is 4.89 Å². The maximum Gasteiger partial charge on any atom is 0.306 e. The lowest BCUT2D eigenvalue weighted by atomic mass is 10.0. The maximum absolute atomic E-state index is 12.8. The second-order valence-electron chi connectivity index (χ2n) is 24.6. The molecule has 0 saturated heterocycles. The molecule has 0 radical (unpaired) electrons. The number of likely N-dealkylation sites (N-methyl/N-ethyl adjacent to an activating group) is 1. The summed E-state index contributed by atoms with van der Waals surface area (Å²) in [6.07, 6.45) is 71.5. The van der Waals surface area contributed by atoms with Crippen molar-refractivity contribution in [3.05, 3.63) is 12.2 Å². The van der Waals surface area contributed by atoms with E-state index in [0.717, 1.165) is 32.1 Å². The van der Waals surface area contributed by atoms with Crippen molar-refractivity contribution in [2.24, 2.45) is 0 Å². The van der Waals surface area contributed by atoms with Crippen molar-refractivity contribution < 1.29 is 42.1 Å². The molecule has 10 heteroatoms. The van der Waals surface area contributed by atoms with Gasteiger partial charge in [0.25, 0.3) is 7.82 Å². The van der Waals surface area contributed by atoms with Crippen LogP contribution in [0.5, 0.6) is 0 Å². The number of hydrogen-bond acceptors (Lipinski definition) is 8. The first-order chi connectivity index (χ1) is 37.5. The fraction of sp³-hybridized carbons (Fsp3) is 0.940. The van der Waals surface area contributed by atoms with Crippen molar-refractivity contribution in [1.29, 1.82) is 0 Å². The SMILES string of the molecule is CCCCCCCCCC/C=C\CCCCCCCCCCCCCCCCCCCC(=O)OC(COC(=O)CCCCCCCCCCCCCCCCCCCCCCCCCC)COP(=O)([O-])OCC[N+](C)(C)C. The Morgan fingerprint density at radius 1 is 0.390 bits per heavy atom. The van der Waals surface area contributed by atoms with E-state index in [0.29, 0.717) is 17.4 Å². The molecule has 0 aliphatic rings.